The summed E-state index contributed by atoms with van der Waals surface area (Å²) in [5.41, 5.74) is 0.960. The molecule has 1 N–H and O–H groups in total. The van der Waals surface area contributed by atoms with Crippen LogP contribution in [0.1, 0.15) is 38.2 Å². The molecule has 1 aromatic heterocycles. The molecule has 1 unspecified atom stereocenters. The van der Waals surface area contributed by atoms with E-state index in [1.807, 2.05) is 52.0 Å². The second-order valence-electron chi connectivity index (χ2n) is 9.76. The number of nitrogens with one attached hydrogen (secondary N) is 1. The SMILES string of the molecule is COc1ccc2[nH]c(C(=O)N3CC4C(=O)N(CC(C)C)C(=O)N4CC(C)(C)C3)cc2c1. The van der Waals surface area contributed by atoms with Crippen molar-refractivity contribution in [2.45, 2.75) is 33.7 Å². The highest BCUT2D eigenvalue weighted by Gasteiger charge is 2.50. The zero-order valence-electron chi connectivity index (χ0n) is 18.8. The summed E-state index contributed by atoms with van der Waals surface area (Å²) < 4.78 is 5.27. The van der Waals surface area contributed by atoms with Crippen molar-refractivity contribution in [2.24, 2.45) is 11.3 Å². The largest absolute Gasteiger partial charge is 0.497 e. The number of carbonyl (C=O) groups is 3. The smallest absolute Gasteiger partial charge is 0.327 e. The molecule has 0 radical (unpaired) electrons. The van der Waals surface area contributed by atoms with Crippen LogP contribution >= 0.6 is 0 Å². The van der Waals surface area contributed by atoms with E-state index in [4.69, 9.17) is 4.74 Å². The van der Waals surface area contributed by atoms with Crippen LogP contribution in [-0.2, 0) is 4.79 Å². The summed E-state index contributed by atoms with van der Waals surface area (Å²) in [7, 11) is 1.60. The fourth-order valence-corrected chi connectivity index (χ4v) is 4.56. The van der Waals surface area contributed by atoms with E-state index in [9.17, 15) is 14.4 Å². The van der Waals surface area contributed by atoms with Crippen molar-refractivity contribution in [1.29, 1.82) is 0 Å². The normalized spacial score (nSPS) is 21.1. The number of fused-ring (bicyclic) bond motifs is 2. The van der Waals surface area contributed by atoms with Crippen molar-refractivity contribution in [1.82, 2.24) is 19.7 Å². The Bertz CT molecular complexity index is 1040. The zero-order chi connectivity index (χ0) is 22.5. The van der Waals surface area contributed by atoms with Gasteiger partial charge in [0.1, 0.15) is 17.5 Å². The molecule has 2 fully saturated rings. The first-order valence-electron chi connectivity index (χ1n) is 10.7. The van der Waals surface area contributed by atoms with E-state index >= 15 is 0 Å². The maximum atomic E-state index is 13.4. The molecule has 4 amide bonds. The molecule has 31 heavy (non-hydrogen) atoms. The Hall–Kier alpha value is -3.03. The fraction of sp³-hybridized carbons (Fsp3) is 0.522. The molecule has 0 spiro atoms. The van der Waals surface area contributed by atoms with Crippen LogP contribution in [0.15, 0.2) is 24.3 Å². The molecule has 2 saturated heterocycles. The van der Waals surface area contributed by atoms with Crippen molar-refractivity contribution in [2.75, 3.05) is 33.3 Å². The lowest BCUT2D eigenvalue weighted by Crippen LogP contribution is -2.44. The van der Waals surface area contributed by atoms with Gasteiger partial charge in [0.15, 0.2) is 0 Å². The lowest BCUT2D eigenvalue weighted by atomic mass is 9.92. The minimum absolute atomic E-state index is 0.173. The van der Waals surface area contributed by atoms with Gasteiger partial charge >= 0.3 is 6.03 Å². The minimum atomic E-state index is -0.638. The highest BCUT2D eigenvalue weighted by molar-refractivity contribution is 6.05. The maximum absolute atomic E-state index is 13.4. The molecular weight excluding hydrogens is 396 g/mol. The number of carbonyl (C=O) groups excluding carboxylic acids is 3. The summed E-state index contributed by atoms with van der Waals surface area (Å²) in [6, 6.07) is 6.52. The predicted octanol–water partition coefficient (Wildman–Crippen LogP) is 2.95. The van der Waals surface area contributed by atoms with Crippen molar-refractivity contribution < 1.29 is 19.1 Å². The first-order chi connectivity index (χ1) is 14.6. The Morgan fingerprint density at radius 2 is 1.97 bits per heavy atom. The zero-order valence-corrected chi connectivity index (χ0v) is 18.8. The van der Waals surface area contributed by atoms with E-state index in [0.717, 1.165) is 16.7 Å². The minimum Gasteiger partial charge on any atom is -0.497 e. The Morgan fingerprint density at radius 3 is 2.65 bits per heavy atom. The van der Waals surface area contributed by atoms with Crippen LogP contribution in [0.2, 0.25) is 0 Å². The highest BCUT2D eigenvalue weighted by Crippen LogP contribution is 2.31. The van der Waals surface area contributed by atoms with Gasteiger partial charge in [0.2, 0.25) is 0 Å². The standard InChI is InChI=1S/C23H30N4O4/c1-14(2)10-26-21(29)19-11-25(12-23(3,4)13-27(19)22(26)30)20(28)18-9-15-8-16(31-5)6-7-17(15)24-18/h6-9,14,19,24H,10-13H2,1-5H3. The molecule has 3 heterocycles. The number of nitrogens with zero attached hydrogens (tertiary/aromatic N) is 3. The van der Waals surface area contributed by atoms with E-state index < -0.39 is 6.04 Å². The third-order valence-corrected chi connectivity index (χ3v) is 5.91. The van der Waals surface area contributed by atoms with E-state index in [0.29, 0.717) is 25.3 Å². The molecular formula is C23H30N4O4. The average Bonchev–Trinajstić information content (AvgIpc) is 3.16. The molecule has 1 aromatic carbocycles. The van der Waals surface area contributed by atoms with Gasteiger partial charge in [-0.05, 0) is 30.2 Å². The number of hydrogen-bond acceptors (Lipinski definition) is 4. The molecule has 0 bridgehead atoms. The monoisotopic (exact) mass is 426 g/mol. The summed E-state index contributed by atoms with van der Waals surface area (Å²) in [6.07, 6.45) is 0. The molecule has 8 heteroatoms. The number of rotatable bonds is 4. The van der Waals surface area contributed by atoms with Crippen LogP contribution in [0, 0.1) is 11.3 Å². The van der Waals surface area contributed by atoms with Crippen molar-refractivity contribution in [3.05, 3.63) is 30.0 Å². The van der Waals surface area contributed by atoms with Gasteiger partial charge in [-0.2, -0.15) is 0 Å². The van der Waals surface area contributed by atoms with E-state index in [1.165, 1.54) is 4.90 Å². The van der Waals surface area contributed by atoms with E-state index in [-0.39, 0.29) is 35.7 Å². The van der Waals surface area contributed by atoms with Gasteiger partial charge < -0.3 is 19.5 Å². The number of H-pyrrole nitrogens is 1. The van der Waals surface area contributed by atoms with Crippen molar-refractivity contribution in [3.63, 3.8) is 0 Å². The number of benzene rings is 1. The number of amides is 4. The van der Waals surface area contributed by atoms with Gasteiger partial charge in [-0.3, -0.25) is 14.5 Å². The van der Waals surface area contributed by atoms with Gasteiger partial charge in [-0.25, -0.2) is 4.79 Å². The fourth-order valence-electron chi connectivity index (χ4n) is 4.56. The number of methoxy groups -OCH3 is 1. The first-order valence-corrected chi connectivity index (χ1v) is 10.7. The first kappa shape index (κ1) is 21.2. The predicted molar refractivity (Wildman–Crippen MR) is 117 cm³/mol. The molecule has 2 aliphatic heterocycles. The van der Waals surface area contributed by atoms with Crippen LogP contribution in [0.25, 0.3) is 10.9 Å². The van der Waals surface area contributed by atoms with Gasteiger partial charge in [0, 0.05) is 36.0 Å². The Balaban J connectivity index is 1.63. The molecule has 0 saturated carbocycles. The number of aromatic amines is 1. The van der Waals surface area contributed by atoms with Crippen molar-refractivity contribution in [3.8, 4) is 5.75 Å². The third-order valence-electron chi connectivity index (χ3n) is 5.91. The van der Waals surface area contributed by atoms with Crippen LogP contribution in [0.4, 0.5) is 4.79 Å². The highest BCUT2D eigenvalue weighted by atomic mass is 16.5. The second kappa shape index (κ2) is 7.59. The lowest BCUT2D eigenvalue weighted by Gasteiger charge is -2.30. The van der Waals surface area contributed by atoms with Crippen molar-refractivity contribution >= 4 is 28.7 Å². The molecule has 0 aliphatic carbocycles. The quantitative estimate of drug-likeness (QED) is 0.762. The van der Waals surface area contributed by atoms with Crippen LogP contribution in [-0.4, -0.2) is 76.9 Å². The summed E-state index contributed by atoms with van der Waals surface area (Å²) >= 11 is 0. The third kappa shape index (κ3) is 3.86. The second-order valence-corrected chi connectivity index (χ2v) is 9.76. The lowest BCUT2D eigenvalue weighted by molar-refractivity contribution is -0.128. The molecule has 2 aliphatic rings. The van der Waals surface area contributed by atoms with E-state index in [2.05, 4.69) is 4.98 Å². The average molecular weight is 427 g/mol. The number of ether oxygens (including phenoxy) is 1. The topological polar surface area (TPSA) is 86.0 Å². The maximum Gasteiger partial charge on any atom is 0.327 e. The van der Waals surface area contributed by atoms with Gasteiger partial charge in [0.25, 0.3) is 11.8 Å². The number of urea groups is 1. The van der Waals surface area contributed by atoms with Gasteiger partial charge in [0.05, 0.1) is 13.7 Å². The van der Waals surface area contributed by atoms with E-state index in [1.54, 1.807) is 16.9 Å². The van der Waals surface area contributed by atoms with Gasteiger partial charge in [-0.1, -0.05) is 27.7 Å². The molecule has 4 rings (SSSR count). The van der Waals surface area contributed by atoms with Gasteiger partial charge in [-0.15, -0.1) is 0 Å². The Labute approximate surface area is 182 Å². The summed E-state index contributed by atoms with van der Waals surface area (Å²) in [5.74, 6) is 0.520. The molecule has 2 aromatic rings. The number of hydrogen-bond donors (Lipinski definition) is 1. The molecule has 8 nitrogen and oxygen atoms in total. The van der Waals surface area contributed by atoms with Crippen LogP contribution in [0.3, 0.4) is 0 Å². The molecule has 166 valence electrons. The Morgan fingerprint density at radius 1 is 1.23 bits per heavy atom. The number of aromatic nitrogens is 1. The van der Waals surface area contributed by atoms with Crippen LogP contribution in [0.5, 0.6) is 5.75 Å². The Kier molecular flexibility index (Phi) is 5.19. The number of imide groups is 1. The summed E-state index contributed by atoms with van der Waals surface area (Å²) in [5, 5.41) is 0.883. The molecule has 1 atom stereocenters. The van der Waals surface area contributed by atoms with Crippen LogP contribution < -0.4 is 4.74 Å². The summed E-state index contributed by atoms with van der Waals surface area (Å²) in [4.78, 5) is 47.3. The summed E-state index contributed by atoms with van der Waals surface area (Å²) in [6.45, 7) is 9.49.